The average molecular weight is 631 g/mol. The number of thiophene rings is 1. The maximum atomic E-state index is 10.6. The first-order chi connectivity index (χ1) is 22.7. The lowest BCUT2D eigenvalue weighted by atomic mass is 9.80. The Morgan fingerprint density at radius 2 is 1.43 bits per heavy atom. The molecule has 47 heavy (non-hydrogen) atoms. The van der Waals surface area contributed by atoms with E-state index in [0.29, 0.717) is 5.89 Å². The number of fused-ring (bicyclic) bond motifs is 6. The van der Waals surface area contributed by atoms with Gasteiger partial charge in [-0.25, -0.2) is 4.98 Å². The van der Waals surface area contributed by atoms with Gasteiger partial charge < -0.3 is 14.2 Å². The monoisotopic (exact) mass is 630 g/mol. The van der Waals surface area contributed by atoms with Crippen molar-refractivity contribution in [2.45, 2.75) is 38.9 Å². The lowest BCUT2D eigenvalue weighted by molar-refractivity contribution is -0.0893. The van der Waals surface area contributed by atoms with Gasteiger partial charge in [-0.1, -0.05) is 97.1 Å². The van der Waals surface area contributed by atoms with Crippen LogP contribution in [-0.2, 0) is 4.65 Å². The van der Waals surface area contributed by atoms with Gasteiger partial charge in [-0.2, -0.15) is 0 Å². The number of benzene rings is 6. The highest BCUT2D eigenvalue weighted by Gasteiger charge is 2.36. The van der Waals surface area contributed by atoms with Gasteiger partial charge in [0.1, 0.15) is 5.52 Å². The maximum Gasteiger partial charge on any atom is 0.331 e. The molecule has 229 valence electrons. The Labute approximate surface area is 278 Å². The van der Waals surface area contributed by atoms with Crippen molar-refractivity contribution in [3.05, 3.63) is 121 Å². The smallest absolute Gasteiger partial charge is 0.331 e. The van der Waals surface area contributed by atoms with E-state index < -0.39 is 11.2 Å². The van der Waals surface area contributed by atoms with E-state index in [1.165, 1.54) is 14.8 Å². The fraction of sp³-hybridized carbons (Fsp3) is 0.146. The number of hydrogen-bond donors (Lipinski definition) is 1. The molecule has 8 aromatic rings. The molecule has 4 nitrogen and oxygen atoms in total. The van der Waals surface area contributed by atoms with Gasteiger partial charge >= 0.3 is 7.48 Å². The minimum Gasteiger partial charge on any atom is -0.435 e. The van der Waals surface area contributed by atoms with Crippen LogP contribution in [0.5, 0.6) is 0 Å². The van der Waals surface area contributed by atoms with Gasteiger partial charge in [0.05, 0.1) is 11.2 Å². The summed E-state index contributed by atoms with van der Waals surface area (Å²) in [7, 11) is 1.79. The van der Waals surface area contributed by atoms with E-state index in [2.05, 4.69) is 109 Å². The predicted molar refractivity (Wildman–Crippen MR) is 198 cm³/mol. The highest BCUT2D eigenvalue weighted by molar-refractivity contribution is 7.26. The third-order valence-corrected chi connectivity index (χ3v) is 10.6. The third kappa shape index (κ3) is 5.14. The predicted octanol–water partition coefficient (Wildman–Crippen LogP) is 10.2. The Morgan fingerprint density at radius 3 is 2.26 bits per heavy atom. The van der Waals surface area contributed by atoms with Gasteiger partial charge in [0.15, 0.2) is 5.58 Å². The Bertz CT molecular complexity index is 2440. The SMILES string of the molecule is CC(C)(O)C(C)(C)O[B]c1cccc2sc3c(-c4cccc(-c5nc6ccc7cccc(-c8ccccc8)c7c6o5)c4)cccc3c12. The minimum absolute atomic E-state index is 0.601. The largest absolute Gasteiger partial charge is 0.435 e. The van der Waals surface area contributed by atoms with Gasteiger partial charge in [0, 0.05) is 25.7 Å². The molecule has 0 atom stereocenters. The second-order valence-corrected chi connectivity index (χ2v) is 14.1. The van der Waals surface area contributed by atoms with Crippen LogP contribution in [0.1, 0.15) is 27.7 Å². The van der Waals surface area contributed by atoms with E-state index in [1.807, 2.05) is 26.0 Å². The van der Waals surface area contributed by atoms with Crippen molar-refractivity contribution in [2.24, 2.45) is 0 Å². The molecule has 0 bridgehead atoms. The second kappa shape index (κ2) is 11.2. The normalized spacial score (nSPS) is 12.4. The van der Waals surface area contributed by atoms with Crippen molar-refractivity contribution in [2.75, 3.05) is 0 Å². The molecule has 0 amide bonds. The quantitative estimate of drug-likeness (QED) is 0.178. The topological polar surface area (TPSA) is 55.5 Å². The summed E-state index contributed by atoms with van der Waals surface area (Å²) in [6, 6.07) is 42.2. The van der Waals surface area contributed by atoms with E-state index in [0.717, 1.165) is 60.5 Å². The number of rotatable bonds is 7. The van der Waals surface area contributed by atoms with Crippen LogP contribution in [0.25, 0.3) is 75.8 Å². The van der Waals surface area contributed by atoms with Crippen LogP contribution in [0.3, 0.4) is 0 Å². The minimum atomic E-state index is -1.00. The molecule has 0 saturated heterocycles. The van der Waals surface area contributed by atoms with E-state index in [4.69, 9.17) is 14.1 Å². The lowest BCUT2D eigenvalue weighted by Gasteiger charge is -2.37. The fourth-order valence-electron chi connectivity index (χ4n) is 6.11. The molecule has 0 aliphatic heterocycles. The van der Waals surface area contributed by atoms with Gasteiger partial charge in [-0.15, -0.1) is 11.3 Å². The van der Waals surface area contributed by atoms with Crippen molar-refractivity contribution in [3.63, 3.8) is 0 Å². The molecule has 0 fully saturated rings. The van der Waals surface area contributed by atoms with Crippen molar-refractivity contribution in [1.82, 2.24) is 4.98 Å². The van der Waals surface area contributed by atoms with Crippen molar-refractivity contribution in [1.29, 1.82) is 0 Å². The number of oxazole rings is 1. The van der Waals surface area contributed by atoms with Crippen LogP contribution in [0.2, 0.25) is 0 Å². The standard InChI is InChI=1S/C41H33BNO3S/c1-40(2,44)41(3,4)46-42-32-20-11-21-34-36(32)31-19-10-18-30(38(31)47-34)27-15-8-16-28(24-27)39-43-33-23-22-26-14-9-17-29(35(26)37(33)45-39)25-12-6-5-7-13-25/h5-24,44H,1-4H3. The van der Waals surface area contributed by atoms with Crippen LogP contribution < -0.4 is 5.46 Å². The molecule has 0 unspecified atom stereocenters. The third-order valence-electron chi connectivity index (χ3n) is 9.41. The van der Waals surface area contributed by atoms with Gasteiger partial charge in [0.2, 0.25) is 5.89 Å². The summed E-state index contributed by atoms with van der Waals surface area (Å²) in [6.45, 7) is 7.35. The first-order valence-electron chi connectivity index (χ1n) is 15.8. The molecule has 1 N–H and O–H groups in total. The highest BCUT2D eigenvalue weighted by Crippen LogP contribution is 2.41. The summed E-state index contributed by atoms with van der Waals surface area (Å²) in [6.07, 6.45) is 0. The second-order valence-electron chi connectivity index (χ2n) is 13.1. The summed E-state index contributed by atoms with van der Waals surface area (Å²) < 4.78 is 15.2. The Balaban J connectivity index is 1.21. The molecule has 0 spiro atoms. The summed E-state index contributed by atoms with van der Waals surface area (Å²) in [5.74, 6) is 0.601. The number of aliphatic hydroxyl groups is 1. The van der Waals surface area contributed by atoms with Crippen molar-refractivity contribution in [3.8, 4) is 33.7 Å². The highest BCUT2D eigenvalue weighted by atomic mass is 32.1. The van der Waals surface area contributed by atoms with Crippen molar-refractivity contribution >= 4 is 66.3 Å². The summed E-state index contributed by atoms with van der Waals surface area (Å²) in [4.78, 5) is 4.97. The lowest BCUT2D eigenvalue weighted by Crippen LogP contribution is -2.49. The zero-order valence-electron chi connectivity index (χ0n) is 26.7. The van der Waals surface area contributed by atoms with E-state index >= 15 is 0 Å². The van der Waals surface area contributed by atoms with Crippen LogP contribution in [0, 0.1) is 0 Å². The first-order valence-corrected chi connectivity index (χ1v) is 16.7. The summed E-state index contributed by atoms with van der Waals surface area (Å²) >= 11 is 1.78. The molecule has 0 aliphatic rings. The van der Waals surface area contributed by atoms with Crippen LogP contribution in [-0.4, -0.2) is 28.8 Å². The average Bonchev–Trinajstić information content (AvgIpc) is 3.69. The summed E-state index contributed by atoms with van der Waals surface area (Å²) in [5.41, 5.74) is 6.33. The van der Waals surface area contributed by atoms with Crippen LogP contribution >= 0.6 is 11.3 Å². The first kappa shape index (κ1) is 29.6. The molecular weight excluding hydrogens is 597 g/mol. The molecule has 1 radical (unpaired) electrons. The van der Waals surface area contributed by atoms with Crippen molar-refractivity contribution < 1.29 is 14.2 Å². The molecule has 0 aliphatic carbocycles. The van der Waals surface area contributed by atoms with Crippen LogP contribution in [0.4, 0.5) is 0 Å². The van der Waals surface area contributed by atoms with Crippen LogP contribution in [0.15, 0.2) is 126 Å². The zero-order valence-corrected chi connectivity index (χ0v) is 27.6. The number of hydrogen-bond acceptors (Lipinski definition) is 5. The molecule has 6 heteroatoms. The number of nitrogens with zero attached hydrogens (tertiary/aromatic N) is 1. The molecular formula is C41H33BNO3S. The van der Waals surface area contributed by atoms with E-state index in [9.17, 15) is 5.11 Å². The Morgan fingerprint density at radius 1 is 0.702 bits per heavy atom. The Kier molecular flexibility index (Phi) is 7.06. The van der Waals surface area contributed by atoms with E-state index in [-0.39, 0.29) is 0 Å². The summed E-state index contributed by atoms with van der Waals surface area (Å²) in [5, 5.41) is 15.1. The van der Waals surface area contributed by atoms with Gasteiger partial charge in [-0.05, 0) is 90.4 Å². The zero-order chi connectivity index (χ0) is 32.3. The number of aromatic nitrogens is 1. The Hall–Kier alpha value is -4.75. The molecule has 2 aromatic heterocycles. The van der Waals surface area contributed by atoms with Gasteiger partial charge in [-0.3, -0.25) is 0 Å². The van der Waals surface area contributed by atoms with Gasteiger partial charge in [0.25, 0.3) is 0 Å². The maximum absolute atomic E-state index is 10.6. The molecule has 2 heterocycles. The fourth-order valence-corrected chi connectivity index (χ4v) is 7.38. The van der Waals surface area contributed by atoms with E-state index in [1.54, 1.807) is 32.7 Å². The molecule has 0 saturated carbocycles. The molecule has 8 rings (SSSR count). The molecule has 6 aromatic carbocycles.